The Labute approximate surface area is 128 Å². The largest absolute Gasteiger partial charge is 0.465 e. The molecule has 9 heteroatoms. The highest BCUT2D eigenvalue weighted by atomic mass is 31.1. The number of anilines is 1. The molecule has 1 aromatic rings. The van der Waals surface area contributed by atoms with Crippen LogP contribution in [-0.2, 0) is 14.1 Å². The Bertz CT molecular complexity index is 607. The molecule has 5 N–H and O–H groups in total. The second-order valence-electron chi connectivity index (χ2n) is 5.10. The van der Waals surface area contributed by atoms with E-state index in [2.05, 4.69) is 9.82 Å². The molecule has 8 nitrogen and oxygen atoms in total. The smallest absolute Gasteiger partial charge is 0.337 e. The molecular weight excluding hydrogens is 307 g/mol. The molecule has 0 radical (unpaired) electrons. The molecule has 22 heavy (non-hydrogen) atoms. The van der Waals surface area contributed by atoms with Crippen molar-refractivity contribution in [1.82, 2.24) is 5.01 Å². The minimum Gasteiger partial charge on any atom is -0.465 e. The first-order valence-electron chi connectivity index (χ1n) is 6.74. The van der Waals surface area contributed by atoms with E-state index < -0.39 is 25.1 Å². The molecular formula is C13H19N4O4P. The Kier molecular flexibility index (Phi) is 4.85. The first kappa shape index (κ1) is 16.5. The maximum atomic E-state index is 12.5. The van der Waals surface area contributed by atoms with Crippen molar-refractivity contribution in [2.45, 2.75) is 18.1 Å². The van der Waals surface area contributed by atoms with E-state index >= 15 is 0 Å². The number of carbonyl (C=O) groups is 2. The van der Waals surface area contributed by atoms with Crippen molar-refractivity contribution in [3.63, 3.8) is 0 Å². The van der Waals surface area contributed by atoms with Crippen molar-refractivity contribution >= 4 is 25.5 Å². The number of esters is 1. The summed E-state index contributed by atoms with van der Waals surface area (Å²) in [4.78, 5) is 23.4. The van der Waals surface area contributed by atoms with Gasteiger partial charge >= 0.3 is 5.97 Å². The number of benzene rings is 1. The Hall–Kier alpha value is -1.89. The zero-order valence-electron chi connectivity index (χ0n) is 12.2. The quantitative estimate of drug-likeness (QED) is 0.318. The summed E-state index contributed by atoms with van der Waals surface area (Å²) in [6.07, 6.45) is 0.905. The molecule has 2 rings (SSSR count). The van der Waals surface area contributed by atoms with E-state index in [1.165, 1.54) is 19.2 Å². The van der Waals surface area contributed by atoms with Crippen LogP contribution in [0.25, 0.3) is 0 Å². The summed E-state index contributed by atoms with van der Waals surface area (Å²) in [5.41, 5.74) is 6.88. The summed E-state index contributed by atoms with van der Waals surface area (Å²) in [7, 11) is -1.38. The molecule has 1 aliphatic heterocycles. The minimum absolute atomic E-state index is 0.310. The van der Waals surface area contributed by atoms with Crippen LogP contribution in [0.4, 0.5) is 5.69 Å². The van der Waals surface area contributed by atoms with Gasteiger partial charge in [-0.05, 0) is 37.1 Å². The van der Waals surface area contributed by atoms with Crippen molar-refractivity contribution < 1.29 is 18.9 Å². The van der Waals surface area contributed by atoms with Crippen LogP contribution in [0.1, 0.15) is 23.2 Å². The van der Waals surface area contributed by atoms with E-state index in [9.17, 15) is 14.2 Å². The summed E-state index contributed by atoms with van der Waals surface area (Å²) in [6.45, 7) is 0.404. The zero-order valence-corrected chi connectivity index (χ0v) is 13.2. The molecule has 0 aromatic heterocycles. The predicted octanol–water partition coefficient (Wildman–Crippen LogP) is 0.511. The van der Waals surface area contributed by atoms with Gasteiger partial charge in [-0.2, -0.15) is 0 Å². The number of nitrogens with one attached hydrogen (secondary N) is 1. The number of methoxy groups -OCH3 is 1. The summed E-state index contributed by atoms with van der Waals surface area (Å²) in [5.74, 6) is 4.57. The minimum atomic E-state index is -2.67. The number of piperidine rings is 1. The van der Waals surface area contributed by atoms with Gasteiger partial charge in [-0.15, -0.1) is 0 Å². The van der Waals surface area contributed by atoms with Crippen molar-refractivity contribution in [2.24, 2.45) is 11.6 Å². The number of ether oxygens (including phenoxy) is 1. The number of nitrogens with two attached hydrogens (primary N) is 2. The third-order valence-electron chi connectivity index (χ3n) is 3.58. The normalized spacial score (nSPS) is 23.0. The van der Waals surface area contributed by atoms with Crippen LogP contribution in [0.3, 0.4) is 0 Å². The maximum Gasteiger partial charge on any atom is 0.337 e. The highest BCUT2D eigenvalue weighted by Gasteiger charge is 2.45. The number of nitrogens with zero attached hydrogens (tertiary/aromatic N) is 1. The zero-order chi connectivity index (χ0) is 16.3. The standard InChI is InChI=1S/C13H19N4O4P/c1-21-11(18)9-3-5-10(6-4-9)16-22(20)13(14)7-2-8-17(15)12(13)19/h3-6,22H,2,7-8,14-15H2,1H3,(H,16,20)/t13-/m0/s1. The Balaban J connectivity index is 2.11. The van der Waals surface area contributed by atoms with Crippen LogP contribution in [0, 0.1) is 0 Å². The first-order valence-corrected chi connectivity index (χ1v) is 8.14. The van der Waals surface area contributed by atoms with Gasteiger partial charge in [-0.3, -0.25) is 9.80 Å². The fourth-order valence-electron chi connectivity index (χ4n) is 2.25. The lowest BCUT2D eigenvalue weighted by Crippen LogP contribution is -2.59. The molecule has 1 amide bonds. The number of carbonyl (C=O) groups excluding carboxylic acids is 2. The van der Waals surface area contributed by atoms with Gasteiger partial charge in [0.15, 0.2) is 13.2 Å². The van der Waals surface area contributed by atoms with Crippen LogP contribution in [-0.4, -0.2) is 35.8 Å². The Morgan fingerprint density at radius 1 is 1.41 bits per heavy atom. The van der Waals surface area contributed by atoms with Gasteiger partial charge in [0.1, 0.15) is 0 Å². The Morgan fingerprint density at radius 3 is 2.64 bits per heavy atom. The molecule has 0 aliphatic carbocycles. The number of hydrazine groups is 1. The second kappa shape index (κ2) is 6.48. The van der Waals surface area contributed by atoms with Crippen molar-refractivity contribution in [3.8, 4) is 0 Å². The molecule has 1 heterocycles. The summed E-state index contributed by atoms with van der Waals surface area (Å²) < 4.78 is 17.1. The molecule has 0 bridgehead atoms. The highest BCUT2D eigenvalue weighted by Crippen LogP contribution is 2.41. The summed E-state index contributed by atoms with van der Waals surface area (Å²) >= 11 is 0. The maximum absolute atomic E-state index is 12.5. The van der Waals surface area contributed by atoms with Crippen LogP contribution < -0.4 is 16.7 Å². The molecule has 120 valence electrons. The van der Waals surface area contributed by atoms with E-state index in [-0.39, 0.29) is 0 Å². The van der Waals surface area contributed by atoms with Crippen LogP contribution in [0.15, 0.2) is 24.3 Å². The molecule has 1 saturated heterocycles. The van der Waals surface area contributed by atoms with Crippen LogP contribution in [0.5, 0.6) is 0 Å². The van der Waals surface area contributed by atoms with E-state index in [0.29, 0.717) is 30.6 Å². The van der Waals surface area contributed by atoms with Gasteiger partial charge in [0.25, 0.3) is 5.91 Å². The number of hydrogen-bond donors (Lipinski definition) is 3. The average Bonchev–Trinajstić information content (AvgIpc) is 2.52. The first-order chi connectivity index (χ1) is 10.4. The lowest BCUT2D eigenvalue weighted by molar-refractivity contribution is -0.136. The van der Waals surface area contributed by atoms with Crippen LogP contribution in [0.2, 0.25) is 0 Å². The average molecular weight is 326 g/mol. The van der Waals surface area contributed by atoms with Gasteiger partial charge in [-0.25, -0.2) is 10.6 Å². The lowest BCUT2D eigenvalue weighted by Gasteiger charge is -2.36. The fraction of sp³-hybridized carbons (Fsp3) is 0.385. The van der Waals surface area contributed by atoms with E-state index in [0.717, 1.165) is 5.01 Å². The third-order valence-corrected chi connectivity index (χ3v) is 5.37. The van der Waals surface area contributed by atoms with E-state index in [1.807, 2.05) is 0 Å². The predicted molar refractivity (Wildman–Crippen MR) is 82.5 cm³/mol. The van der Waals surface area contributed by atoms with E-state index in [4.69, 9.17) is 11.6 Å². The van der Waals surface area contributed by atoms with E-state index in [1.54, 1.807) is 12.1 Å². The van der Waals surface area contributed by atoms with Crippen molar-refractivity contribution in [2.75, 3.05) is 18.7 Å². The van der Waals surface area contributed by atoms with Gasteiger partial charge in [0.05, 0.1) is 12.7 Å². The summed E-state index contributed by atoms with van der Waals surface area (Å²) in [5, 5.41) is 2.27. The highest BCUT2D eigenvalue weighted by molar-refractivity contribution is 7.49. The number of amides is 1. The number of hydrogen-bond acceptors (Lipinski definition) is 6. The van der Waals surface area contributed by atoms with Crippen LogP contribution >= 0.6 is 7.95 Å². The topological polar surface area (TPSA) is 128 Å². The van der Waals surface area contributed by atoms with Crippen molar-refractivity contribution in [1.29, 1.82) is 0 Å². The molecule has 1 aromatic carbocycles. The number of rotatable bonds is 4. The SMILES string of the molecule is COC(=O)c1ccc(N[PH](=O)[C@@]2(N)CCCN(N)C2=O)cc1. The van der Waals surface area contributed by atoms with Gasteiger partial charge in [0, 0.05) is 12.2 Å². The van der Waals surface area contributed by atoms with Gasteiger partial charge < -0.3 is 20.1 Å². The second-order valence-corrected chi connectivity index (χ2v) is 6.90. The molecule has 1 aliphatic rings. The van der Waals surface area contributed by atoms with Crippen molar-refractivity contribution in [3.05, 3.63) is 29.8 Å². The monoisotopic (exact) mass is 326 g/mol. The van der Waals surface area contributed by atoms with Gasteiger partial charge in [0.2, 0.25) is 0 Å². The van der Waals surface area contributed by atoms with Gasteiger partial charge in [-0.1, -0.05) is 0 Å². The third kappa shape index (κ3) is 3.14. The molecule has 1 fully saturated rings. The molecule has 1 unspecified atom stereocenters. The fourth-order valence-corrected chi connectivity index (χ4v) is 3.65. The Morgan fingerprint density at radius 2 is 2.05 bits per heavy atom. The lowest BCUT2D eigenvalue weighted by atomic mass is 10.1. The molecule has 0 saturated carbocycles. The summed E-state index contributed by atoms with van der Waals surface area (Å²) in [6, 6.07) is 6.21. The molecule has 2 atom stereocenters. The molecule has 0 spiro atoms.